The largest absolute Gasteiger partial charge is 0.496 e. The molecule has 1 saturated heterocycles. The number of carbonyl (C=O) groups is 1. The van der Waals surface area contributed by atoms with Crippen LogP contribution in [0.3, 0.4) is 0 Å². The molecule has 0 bridgehead atoms. The van der Waals surface area contributed by atoms with E-state index in [4.69, 9.17) is 9.47 Å². The molecule has 0 unspecified atom stereocenters. The van der Waals surface area contributed by atoms with Crippen molar-refractivity contribution < 1.29 is 14.3 Å². The van der Waals surface area contributed by atoms with Crippen LogP contribution < -0.4 is 10.1 Å². The molecule has 1 aromatic heterocycles. The van der Waals surface area contributed by atoms with Crippen LogP contribution in [0.2, 0.25) is 0 Å². The molecule has 3 rings (SSSR count). The highest BCUT2D eigenvalue weighted by molar-refractivity contribution is 5.79. The van der Waals surface area contributed by atoms with E-state index in [2.05, 4.69) is 10.3 Å². The highest BCUT2D eigenvalue weighted by Gasteiger charge is 2.26. The van der Waals surface area contributed by atoms with Crippen LogP contribution in [0, 0.1) is 0 Å². The van der Waals surface area contributed by atoms with E-state index in [9.17, 15) is 4.79 Å². The van der Waals surface area contributed by atoms with E-state index in [1.165, 1.54) is 0 Å². The molecule has 1 amide bonds. The second kappa shape index (κ2) is 7.49. The maximum atomic E-state index is 12.4. The van der Waals surface area contributed by atoms with Crippen molar-refractivity contribution in [3.05, 3.63) is 48.0 Å². The van der Waals surface area contributed by atoms with Crippen molar-refractivity contribution in [3.8, 4) is 5.75 Å². The third-order valence-electron chi connectivity index (χ3n) is 4.38. The molecule has 0 radical (unpaired) electrons. The number of hydrogen-bond donors (Lipinski definition) is 1. The molecular weight excluding hydrogens is 306 g/mol. The number of para-hydroxylation sites is 1. The second-order valence-electron chi connectivity index (χ2n) is 6.07. The van der Waals surface area contributed by atoms with Crippen molar-refractivity contribution >= 4 is 5.91 Å². The third kappa shape index (κ3) is 3.76. The Morgan fingerprint density at radius 3 is 3.04 bits per heavy atom. The van der Waals surface area contributed by atoms with Crippen molar-refractivity contribution in [1.82, 2.24) is 14.9 Å². The average Bonchev–Trinajstić information content (AvgIpc) is 3.01. The number of nitrogens with zero attached hydrogens (tertiary/aromatic N) is 2. The minimum absolute atomic E-state index is 0.00940. The Bertz CT molecular complexity index is 698. The molecular formula is C18H23N3O3. The van der Waals surface area contributed by atoms with Gasteiger partial charge in [-0.2, -0.15) is 0 Å². The van der Waals surface area contributed by atoms with Gasteiger partial charge in [-0.05, 0) is 18.9 Å². The lowest BCUT2D eigenvalue weighted by Gasteiger charge is -2.30. The van der Waals surface area contributed by atoms with Gasteiger partial charge in [0.1, 0.15) is 11.9 Å². The zero-order chi connectivity index (χ0) is 16.9. The van der Waals surface area contributed by atoms with Gasteiger partial charge < -0.3 is 19.4 Å². The fourth-order valence-electron chi connectivity index (χ4n) is 3.11. The van der Waals surface area contributed by atoms with Gasteiger partial charge in [0.15, 0.2) is 0 Å². The SMILES string of the molecule is COc1ccccc1CC(=O)N[C@@H]1CCO[C@@H](c2cncn2C)C1. The molecule has 24 heavy (non-hydrogen) atoms. The summed E-state index contributed by atoms with van der Waals surface area (Å²) in [5, 5.41) is 3.13. The van der Waals surface area contributed by atoms with Crippen molar-refractivity contribution in [1.29, 1.82) is 0 Å². The molecule has 2 atom stereocenters. The van der Waals surface area contributed by atoms with Crippen LogP contribution in [0.4, 0.5) is 0 Å². The van der Waals surface area contributed by atoms with Crippen LogP contribution in [0.15, 0.2) is 36.8 Å². The summed E-state index contributed by atoms with van der Waals surface area (Å²) in [6.07, 6.45) is 5.47. The maximum Gasteiger partial charge on any atom is 0.224 e. The number of hydrogen-bond acceptors (Lipinski definition) is 4. The Labute approximate surface area is 141 Å². The number of amides is 1. The first kappa shape index (κ1) is 16.5. The normalized spacial score (nSPS) is 20.6. The summed E-state index contributed by atoms with van der Waals surface area (Å²) in [5.74, 6) is 0.752. The summed E-state index contributed by atoms with van der Waals surface area (Å²) in [6.45, 7) is 0.634. The molecule has 0 saturated carbocycles. The monoisotopic (exact) mass is 329 g/mol. The molecule has 1 aromatic carbocycles. The highest BCUT2D eigenvalue weighted by Crippen LogP contribution is 2.27. The Kier molecular flexibility index (Phi) is 5.15. The topological polar surface area (TPSA) is 65.4 Å². The zero-order valence-electron chi connectivity index (χ0n) is 14.1. The fourth-order valence-corrected chi connectivity index (χ4v) is 3.11. The average molecular weight is 329 g/mol. The van der Waals surface area contributed by atoms with E-state index in [-0.39, 0.29) is 18.1 Å². The second-order valence-corrected chi connectivity index (χ2v) is 6.07. The van der Waals surface area contributed by atoms with Crippen molar-refractivity contribution in [2.45, 2.75) is 31.4 Å². The molecule has 1 aliphatic rings. The molecule has 6 heteroatoms. The number of aromatic nitrogens is 2. The zero-order valence-corrected chi connectivity index (χ0v) is 14.1. The molecule has 2 heterocycles. The van der Waals surface area contributed by atoms with Gasteiger partial charge in [-0.3, -0.25) is 4.79 Å². The van der Waals surface area contributed by atoms with Gasteiger partial charge in [0, 0.05) is 25.3 Å². The molecule has 1 aliphatic heterocycles. The molecule has 1 fully saturated rings. The van der Waals surface area contributed by atoms with Crippen LogP contribution in [-0.2, 0) is 23.0 Å². The lowest BCUT2D eigenvalue weighted by molar-refractivity contribution is -0.122. The van der Waals surface area contributed by atoms with Gasteiger partial charge in [0.2, 0.25) is 5.91 Å². The van der Waals surface area contributed by atoms with Gasteiger partial charge in [0.05, 0.1) is 31.7 Å². The smallest absolute Gasteiger partial charge is 0.224 e. The standard InChI is InChI=1S/C18H23N3O3/c1-21-12-19-11-15(21)17-10-14(7-8-24-17)20-18(22)9-13-5-3-4-6-16(13)23-2/h3-6,11-12,14,17H,7-10H2,1-2H3,(H,20,22)/t14-,17-/m1/s1. The molecule has 6 nitrogen and oxygen atoms in total. The lowest BCUT2D eigenvalue weighted by atomic mass is 10.0. The number of benzene rings is 1. The number of nitrogens with one attached hydrogen (secondary N) is 1. The van der Waals surface area contributed by atoms with Crippen molar-refractivity contribution in [2.75, 3.05) is 13.7 Å². The molecule has 0 aliphatic carbocycles. The number of aryl methyl sites for hydroxylation is 1. The molecule has 1 N–H and O–H groups in total. The number of imidazole rings is 1. The van der Waals surface area contributed by atoms with E-state index >= 15 is 0 Å². The summed E-state index contributed by atoms with van der Waals surface area (Å²) >= 11 is 0. The predicted molar refractivity (Wildman–Crippen MR) is 89.8 cm³/mol. The first-order chi connectivity index (χ1) is 11.7. The minimum Gasteiger partial charge on any atom is -0.496 e. The van der Waals surface area contributed by atoms with E-state index in [1.54, 1.807) is 13.4 Å². The van der Waals surface area contributed by atoms with Crippen LogP contribution in [-0.4, -0.2) is 35.2 Å². The Morgan fingerprint density at radius 2 is 2.29 bits per heavy atom. The first-order valence-corrected chi connectivity index (χ1v) is 8.16. The lowest BCUT2D eigenvalue weighted by Crippen LogP contribution is -2.40. The summed E-state index contributed by atoms with van der Waals surface area (Å²) in [6, 6.07) is 7.71. The quantitative estimate of drug-likeness (QED) is 0.911. The predicted octanol–water partition coefficient (Wildman–Crippen LogP) is 2.01. The summed E-state index contributed by atoms with van der Waals surface area (Å²) in [4.78, 5) is 16.5. The first-order valence-electron chi connectivity index (χ1n) is 8.16. The molecule has 0 spiro atoms. The third-order valence-corrected chi connectivity index (χ3v) is 4.38. The van der Waals surface area contributed by atoms with Crippen molar-refractivity contribution in [2.24, 2.45) is 7.05 Å². The van der Waals surface area contributed by atoms with Gasteiger partial charge in [-0.1, -0.05) is 18.2 Å². The van der Waals surface area contributed by atoms with Gasteiger partial charge in [-0.15, -0.1) is 0 Å². The van der Waals surface area contributed by atoms with Crippen LogP contribution in [0.1, 0.15) is 30.2 Å². The van der Waals surface area contributed by atoms with Gasteiger partial charge in [0.25, 0.3) is 0 Å². The van der Waals surface area contributed by atoms with Gasteiger partial charge in [-0.25, -0.2) is 4.98 Å². The van der Waals surface area contributed by atoms with E-state index < -0.39 is 0 Å². The minimum atomic E-state index is -0.0252. The summed E-state index contributed by atoms with van der Waals surface area (Å²) in [7, 11) is 3.57. The van der Waals surface area contributed by atoms with E-state index in [0.29, 0.717) is 13.0 Å². The Balaban J connectivity index is 1.59. The number of rotatable bonds is 5. The van der Waals surface area contributed by atoms with Gasteiger partial charge >= 0.3 is 0 Å². The number of methoxy groups -OCH3 is 1. The number of carbonyl (C=O) groups excluding carboxylic acids is 1. The number of ether oxygens (including phenoxy) is 2. The highest BCUT2D eigenvalue weighted by atomic mass is 16.5. The summed E-state index contributed by atoms with van der Waals surface area (Å²) in [5.41, 5.74) is 1.94. The fraction of sp³-hybridized carbons (Fsp3) is 0.444. The Hall–Kier alpha value is -2.34. The Morgan fingerprint density at radius 1 is 1.46 bits per heavy atom. The molecule has 2 aromatic rings. The van der Waals surface area contributed by atoms with Crippen LogP contribution in [0.5, 0.6) is 5.75 Å². The van der Waals surface area contributed by atoms with Crippen molar-refractivity contribution in [3.63, 3.8) is 0 Å². The van der Waals surface area contributed by atoms with Crippen LogP contribution in [0.25, 0.3) is 0 Å². The molecule has 128 valence electrons. The van der Waals surface area contributed by atoms with E-state index in [0.717, 1.165) is 29.8 Å². The maximum absolute atomic E-state index is 12.4. The van der Waals surface area contributed by atoms with Crippen LogP contribution >= 0.6 is 0 Å². The summed E-state index contributed by atoms with van der Waals surface area (Å²) < 4.78 is 13.1. The van der Waals surface area contributed by atoms with E-state index in [1.807, 2.05) is 42.1 Å².